The fourth-order valence-corrected chi connectivity index (χ4v) is 3.66. The summed E-state index contributed by atoms with van der Waals surface area (Å²) in [5.74, 6) is 2.30. The highest BCUT2D eigenvalue weighted by Crippen LogP contribution is 2.41. The largest absolute Gasteiger partial charge is 0.493 e. The van der Waals surface area contributed by atoms with Gasteiger partial charge in [0.05, 0.1) is 14.2 Å². The summed E-state index contributed by atoms with van der Waals surface area (Å²) in [4.78, 5) is 0. The lowest BCUT2D eigenvalue weighted by atomic mass is 9.91. The molecule has 0 heterocycles. The van der Waals surface area contributed by atoms with Gasteiger partial charge in [-0.3, -0.25) is 0 Å². The number of hydrogen-bond acceptors (Lipinski definition) is 3. The molecule has 1 fully saturated rings. The summed E-state index contributed by atoms with van der Waals surface area (Å²) < 4.78 is 10.7. The second kappa shape index (κ2) is 6.27. The van der Waals surface area contributed by atoms with E-state index in [4.69, 9.17) is 9.47 Å². The third kappa shape index (κ3) is 3.70. The zero-order valence-electron chi connectivity index (χ0n) is 14.2. The van der Waals surface area contributed by atoms with Crippen LogP contribution in [0.2, 0.25) is 0 Å². The lowest BCUT2D eigenvalue weighted by Gasteiger charge is -2.24. The summed E-state index contributed by atoms with van der Waals surface area (Å²) >= 11 is 0. The monoisotopic (exact) mass is 291 g/mol. The molecule has 1 saturated carbocycles. The van der Waals surface area contributed by atoms with E-state index in [-0.39, 0.29) is 0 Å². The minimum absolute atomic E-state index is 0.311. The SMILES string of the molecule is COc1ccc(C(C)NC2CC(C)(C)CC2C)cc1OC. The molecule has 1 aromatic rings. The van der Waals surface area contributed by atoms with Crippen molar-refractivity contribution in [1.29, 1.82) is 0 Å². The molecule has 2 rings (SSSR count). The highest BCUT2D eigenvalue weighted by Gasteiger charge is 2.37. The Labute approximate surface area is 129 Å². The second-order valence-corrected chi connectivity index (χ2v) is 7.16. The molecule has 0 aromatic heterocycles. The summed E-state index contributed by atoms with van der Waals surface area (Å²) in [6.07, 6.45) is 2.54. The summed E-state index contributed by atoms with van der Waals surface area (Å²) in [5, 5.41) is 3.79. The molecule has 3 heteroatoms. The van der Waals surface area contributed by atoms with Crippen LogP contribution < -0.4 is 14.8 Å². The van der Waals surface area contributed by atoms with Crippen LogP contribution in [0.1, 0.15) is 52.1 Å². The number of benzene rings is 1. The van der Waals surface area contributed by atoms with E-state index in [0.29, 0.717) is 17.5 Å². The molecule has 0 bridgehead atoms. The summed E-state index contributed by atoms with van der Waals surface area (Å²) in [7, 11) is 3.35. The van der Waals surface area contributed by atoms with Crippen LogP contribution in [0.15, 0.2) is 18.2 Å². The molecule has 118 valence electrons. The molecule has 1 aromatic carbocycles. The van der Waals surface area contributed by atoms with Crippen molar-refractivity contribution in [3.63, 3.8) is 0 Å². The predicted octanol–water partition coefficient (Wildman–Crippen LogP) is 4.18. The van der Waals surface area contributed by atoms with Gasteiger partial charge in [-0.05, 0) is 48.8 Å². The van der Waals surface area contributed by atoms with Gasteiger partial charge in [-0.2, -0.15) is 0 Å². The molecule has 1 aliphatic rings. The minimum atomic E-state index is 0.311. The maximum Gasteiger partial charge on any atom is 0.161 e. The Kier molecular flexibility index (Phi) is 4.82. The first-order valence-electron chi connectivity index (χ1n) is 7.84. The van der Waals surface area contributed by atoms with E-state index in [1.54, 1.807) is 14.2 Å². The van der Waals surface area contributed by atoms with Crippen molar-refractivity contribution in [3.8, 4) is 11.5 Å². The van der Waals surface area contributed by atoms with Gasteiger partial charge in [-0.1, -0.05) is 26.8 Å². The molecule has 3 nitrogen and oxygen atoms in total. The summed E-state index contributed by atoms with van der Waals surface area (Å²) in [5.41, 5.74) is 1.69. The van der Waals surface area contributed by atoms with Crippen LogP contribution in [0.4, 0.5) is 0 Å². The molecule has 0 spiro atoms. The first-order chi connectivity index (χ1) is 9.86. The van der Waals surface area contributed by atoms with Crippen molar-refractivity contribution in [2.45, 2.75) is 52.6 Å². The highest BCUT2D eigenvalue weighted by molar-refractivity contribution is 5.43. The second-order valence-electron chi connectivity index (χ2n) is 7.16. The topological polar surface area (TPSA) is 30.5 Å². The number of nitrogens with one attached hydrogen (secondary N) is 1. The average Bonchev–Trinajstić information content (AvgIpc) is 2.70. The Bertz CT molecular complexity index is 484. The van der Waals surface area contributed by atoms with Gasteiger partial charge >= 0.3 is 0 Å². The zero-order valence-corrected chi connectivity index (χ0v) is 14.2. The number of hydrogen-bond donors (Lipinski definition) is 1. The van der Waals surface area contributed by atoms with Crippen molar-refractivity contribution < 1.29 is 9.47 Å². The minimum Gasteiger partial charge on any atom is -0.493 e. The standard InChI is InChI=1S/C18H29NO2/c1-12-10-18(3,4)11-15(12)19-13(2)14-7-8-16(20-5)17(9-14)21-6/h7-9,12-13,15,19H,10-11H2,1-6H3. The average molecular weight is 291 g/mol. The van der Waals surface area contributed by atoms with Crippen LogP contribution in [-0.4, -0.2) is 20.3 Å². The van der Waals surface area contributed by atoms with Crippen molar-refractivity contribution in [2.75, 3.05) is 14.2 Å². The van der Waals surface area contributed by atoms with Crippen LogP contribution >= 0.6 is 0 Å². The predicted molar refractivity (Wildman–Crippen MR) is 87.1 cm³/mol. The Hall–Kier alpha value is -1.22. The Balaban J connectivity index is 2.08. The molecule has 3 unspecified atom stereocenters. The van der Waals surface area contributed by atoms with Crippen molar-refractivity contribution in [2.24, 2.45) is 11.3 Å². The molecule has 0 aliphatic heterocycles. The highest BCUT2D eigenvalue weighted by atomic mass is 16.5. The molecular weight excluding hydrogens is 262 g/mol. The van der Waals surface area contributed by atoms with E-state index in [1.165, 1.54) is 18.4 Å². The Morgan fingerprint density at radius 3 is 2.33 bits per heavy atom. The normalized spacial score (nSPS) is 25.6. The number of methoxy groups -OCH3 is 2. The molecule has 0 radical (unpaired) electrons. The Morgan fingerprint density at radius 2 is 1.81 bits per heavy atom. The van der Waals surface area contributed by atoms with Gasteiger partial charge in [-0.25, -0.2) is 0 Å². The summed E-state index contributed by atoms with van der Waals surface area (Å²) in [6, 6.07) is 7.06. The van der Waals surface area contributed by atoms with E-state index < -0.39 is 0 Å². The number of rotatable bonds is 5. The fraction of sp³-hybridized carbons (Fsp3) is 0.667. The van der Waals surface area contributed by atoms with Gasteiger partial charge in [0.1, 0.15) is 0 Å². The molecule has 0 amide bonds. The molecule has 0 saturated heterocycles. The van der Waals surface area contributed by atoms with Crippen LogP contribution in [-0.2, 0) is 0 Å². The third-order valence-electron chi connectivity index (χ3n) is 4.71. The van der Waals surface area contributed by atoms with E-state index in [9.17, 15) is 0 Å². The van der Waals surface area contributed by atoms with Crippen LogP contribution in [0.5, 0.6) is 11.5 Å². The van der Waals surface area contributed by atoms with Crippen molar-refractivity contribution in [1.82, 2.24) is 5.32 Å². The number of ether oxygens (including phenoxy) is 2. The zero-order chi connectivity index (χ0) is 15.6. The van der Waals surface area contributed by atoms with Crippen LogP contribution in [0, 0.1) is 11.3 Å². The van der Waals surface area contributed by atoms with Gasteiger partial charge in [0.15, 0.2) is 11.5 Å². The maximum atomic E-state index is 5.40. The van der Waals surface area contributed by atoms with E-state index in [0.717, 1.165) is 17.4 Å². The van der Waals surface area contributed by atoms with E-state index >= 15 is 0 Å². The van der Waals surface area contributed by atoms with Crippen molar-refractivity contribution >= 4 is 0 Å². The van der Waals surface area contributed by atoms with Gasteiger partial charge in [0.25, 0.3) is 0 Å². The Morgan fingerprint density at radius 1 is 1.14 bits per heavy atom. The smallest absolute Gasteiger partial charge is 0.161 e. The first-order valence-corrected chi connectivity index (χ1v) is 7.84. The van der Waals surface area contributed by atoms with Gasteiger partial charge < -0.3 is 14.8 Å². The van der Waals surface area contributed by atoms with Crippen LogP contribution in [0.3, 0.4) is 0 Å². The van der Waals surface area contributed by atoms with E-state index in [2.05, 4.69) is 45.1 Å². The third-order valence-corrected chi connectivity index (χ3v) is 4.71. The maximum absolute atomic E-state index is 5.40. The molecule has 21 heavy (non-hydrogen) atoms. The quantitative estimate of drug-likeness (QED) is 0.883. The first kappa shape index (κ1) is 16.2. The van der Waals surface area contributed by atoms with Gasteiger partial charge in [0, 0.05) is 12.1 Å². The van der Waals surface area contributed by atoms with E-state index in [1.807, 2.05) is 6.07 Å². The molecular formula is C18H29NO2. The lowest BCUT2D eigenvalue weighted by Crippen LogP contribution is -2.33. The molecule has 3 atom stereocenters. The van der Waals surface area contributed by atoms with Crippen LogP contribution in [0.25, 0.3) is 0 Å². The molecule has 1 N–H and O–H groups in total. The summed E-state index contributed by atoms with van der Waals surface area (Å²) in [6.45, 7) is 9.31. The molecule has 1 aliphatic carbocycles. The fourth-order valence-electron chi connectivity index (χ4n) is 3.66. The van der Waals surface area contributed by atoms with Gasteiger partial charge in [0.2, 0.25) is 0 Å². The van der Waals surface area contributed by atoms with Gasteiger partial charge in [-0.15, -0.1) is 0 Å². The lowest BCUT2D eigenvalue weighted by molar-refractivity contribution is 0.349. The van der Waals surface area contributed by atoms with Crippen molar-refractivity contribution in [3.05, 3.63) is 23.8 Å².